The third-order valence-corrected chi connectivity index (χ3v) is 5.73. The minimum atomic E-state index is -0.404. The zero-order valence-electron chi connectivity index (χ0n) is 15.6. The maximum atomic E-state index is 12.8. The summed E-state index contributed by atoms with van der Waals surface area (Å²) in [6, 6.07) is 13.1. The van der Waals surface area contributed by atoms with E-state index >= 15 is 0 Å². The van der Waals surface area contributed by atoms with Crippen LogP contribution in [0.15, 0.2) is 47.4 Å². The van der Waals surface area contributed by atoms with E-state index in [9.17, 15) is 9.59 Å². The predicted octanol–water partition coefficient (Wildman–Crippen LogP) is 4.30. The van der Waals surface area contributed by atoms with E-state index in [1.807, 2.05) is 31.2 Å². The van der Waals surface area contributed by atoms with E-state index < -0.39 is 5.25 Å². The highest BCUT2D eigenvalue weighted by Crippen LogP contribution is 2.38. The second-order valence-electron chi connectivity index (χ2n) is 7.66. The maximum absolute atomic E-state index is 12.8. The number of imide groups is 1. The molecule has 0 bridgehead atoms. The molecule has 2 N–H and O–H groups in total. The lowest BCUT2D eigenvalue weighted by molar-refractivity contribution is -0.121. The van der Waals surface area contributed by atoms with Crippen LogP contribution in [0.5, 0.6) is 0 Å². The first-order valence-corrected chi connectivity index (χ1v) is 9.55. The molecule has 0 saturated carbocycles. The topological polar surface area (TPSA) is 63.4 Å². The molecule has 0 spiro atoms. The summed E-state index contributed by atoms with van der Waals surface area (Å²) >= 11 is 1.45. The molecule has 136 valence electrons. The number of carbonyl (C=O) groups is 2. The SMILES string of the molecule is Cc1cc(SC2CC(=O)N(c3ccccc3)C2=O)cc(C(C)(C)C)c1N. The third-order valence-electron chi connectivity index (χ3n) is 4.57. The van der Waals surface area contributed by atoms with Crippen LogP contribution in [0.3, 0.4) is 0 Å². The van der Waals surface area contributed by atoms with Crippen molar-refractivity contribution < 1.29 is 9.59 Å². The predicted molar refractivity (Wildman–Crippen MR) is 107 cm³/mol. The molecule has 1 atom stereocenters. The fourth-order valence-corrected chi connectivity index (χ4v) is 4.35. The van der Waals surface area contributed by atoms with Crippen LogP contribution in [0.4, 0.5) is 11.4 Å². The Hall–Kier alpha value is -2.27. The average Bonchev–Trinajstić information content (AvgIpc) is 2.84. The first-order chi connectivity index (χ1) is 12.2. The summed E-state index contributed by atoms with van der Waals surface area (Å²) < 4.78 is 0. The van der Waals surface area contributed by atoms with Crippen LogP contribution in [0, 0.1) is 6.92 Å². The molecule has 1 heterocycles. The van der Waals surface area contributed by atoms with Crippen molar-refractivity contribution in [2.45, 2.75) is 49.7 Å². The zero-order valence-corrected chi connectivity index (χ0v) is 16.4. The van der Waals surface area contributed by atoms with E-state index in [1.54, 1.807) is 12.1 Å². The summed E-state index contributed by atoms with van der Waals surface area (Å²) in [6.45, 7) is 8.34. The number of para-hydroxylation sites is 1. The van der Waals surface area contributed by atoms with Gasteiger partial charge in [-0.25, -0.2) is 4.90 Å². The molecule has 2 aromatic rings. The highest BCUT2D eigenvalue weighted by Gasteiger charge is 2.40. The molecule has 1 unspecified atom stereocenters. The molecule has 0 aromatic heterocycles. The van der Waals surface area contributed by atoms with Gasteiger partial charge in [0.25, 0.3) is 0 Å². The van der Waals surface area contributed by atoms with E-state index in [2.05, 4.69) is 26.8 Å². The first kappa shape index (κ1) is 18.5. The van der Waals surface area contributed by atoms with Crippen molar-refractivity contribution in [2.24, 2.45) is 0 Å². The molecule has 1 aliphatic rings. The van der Waals surface area contributed by atoms with Crippen LogP contribution < -0.4 is 10.6 Å². The number of nitrogens with zero attached hydrogens (tertiary/aromatic N) is 1. The van der Waals surface area contributed by atoms with E-state index in [0.717, 1.165) is 21.7 Å². The van der Waals surface area contributed by atoms with Gasteiger partial charge < -0.3 is 5.73 Å². The number of aryl methyl sites for hydroxylation is 1. The van der Waals surface area contributed by atoms with Gasteiger partial charge in [0.05, 0.1) is 10.9 Å². The number of nitrogen functional groups attached to an aromatic ring is 1. The van der Waals surface area contributed by atoms with Gasteiger partial charge in [-0.3, -0.25) is 9.59 Å². The van der Waals surface area contributed by atoms with Crippen molar-refractivity contribution >= 4 is 35.0 Å². The number of carbonyl (C=O) groups excluding carboxylic acids is 2. The largest absolute Gasteiger partial charge is 0.398 e. The minimum Gasteiger partial charge on any atom is -0.398 e. The molecule has 1 fully saturated rings. The van der Waals surface area contributed by atoms with Gasteiger partial charge in [-0.1, -0.05) is 39.0 Å². The summed E-state index contributed by atoms with van der Waals surface area (Å²) in [5.74, 6) is -0.306. The van der Waals surface area contributed by atoms with E-state index in [0.29, 0.717) is 5.69 Å². The van der Waals surface area contributed by atoms with Gasteiger partial charge in [0.15, 0.2) is 0 Å². The maximum Gasteiger partial charge on any atom is 0.247 e. The van der Waals surface area contributed by atoms with Crippen molar-refractivity contribution in [2.75, 3.05) is 10.6 Å². The van der Waals surface area contributed by atoms with E-state index in [4.69, 9.17) is 5.73 Å². The van der Waals surface area contributed by atoms with Crippen LogP contribution in [-0.4, -0.2) is 17.1 Å². The normalized spacial score (nSPS) is 17.8. The van der Waals surface area contributed by atoms with Gasteiger partial charge in [0.2, 0.25) is 11.8 Å². The van der Waals surface area contributed by atoms with Crippen molar-refractivity contribution in [1.82, 2.24) is 0 Å². The summed E-state index contributed by atoms with van der Waals surface area (Å²) in [5, 5.41) is -0.404. The fourth-order valence-electron chi connectivity index (χ4n) is 3.16. The van der Waals surface area contributed by atoms with Gasteiger partial charge >= 0.3 is 0 Å². The van der Waals surface area contributed by atoms with Crippen LogP contribution in [0.2, 0.25) is 0 Å². The number of hydrogen-bond acceptors (Lipinski definition) is 4. The lowest BCUT2D eigenvalue weighted by Crippen LogP contribution is -2.31. The monoisotopic (exact) mass is 368 g/mol. The fraction of sp³-hybridized carbons (Fsp3) is 0.333. The number of anilines is 2. The summed E-state index contributed by atoms with van der Waals surface area (Å²) in [6.07, 6.45) is 0.215. The van der Waals surface area contributed by atoms with Gasteiger partial charge in [0.1, 0.15) is 0 Å². The molecular formula is C21H24N2O2S. The molecular weight excluding hydrogens is 344 g/mol. The number of thioether (sulfide) groups is 1. The Balaban J connectivity index is 1.88. The quantitative estimate of drug-likeness (QED) is 0.648. The number of benzene rings is 2. The van der Waals surface area contributed by atoms with Crippen LogP contribution in [0.25, 0.3) is 0 Å². The van der Waals surface area contributed by atoms with Crippen LogP contribution >= 0.6 is 11.8 Å². The summed E-state index contributed by atoms with van der Waals surface area (Å²) in [7, 11) is 0. The molecule has 5 heteroatoms. The molecule has 2 amide bonds. The lowest BCUT2D eigenvalue weighted by Gasteiger charge is -2.24. The van der Waals surface area contributed by atoms with Gasteiger partial charge in [-0.2, -0.15) is 0 Å². The Labute approximate surface area is 158 Å². The molecule has 0 aliphatic carbocycles. The molecule has 1 aliphatic heterocycles. The molecule has 0 radical (unpaired) electrons. The number of nitrogens with two attached hydrogens (primary N) is 1. The molecule has 1 saturated heterocycles. The Bertz CT molecular complexity index is 856. The van der Waals surface area contributed by atoms with Crippen molar-refractivity contribution in [3.05, 3.63) is 53.6 Å². The summed E-state index contributed by atoms with van der Waals surface area (Å²) in [5.41, 5.74) is 9.66. The molecule has 4 nitrogen and oxygen atoms in total. The van der Waals surface area contributed by atoms with Gasteiger partial charge in [0, 0.05) is 17.0 Å². The first-order valence-electron chi connectivity index (χ1n) is 8.67. The Morgan fingerprint density at radius 3 is 2.38 bits per heavy atom. The lowest BCUT2D eigenvalue weighted by atomic mass is 9.85. The number of amides is 2. The van der Waals surface area contributed by atoms with E-state index in [1.165, 1.54) is 16.7 Å². The van der Waals surface area contributed by atoms with Gasteiger partial charge in [-0.15, -0.1) is 11.8 Å². The molecule has 26 heavy (non-hydrogen) atoms. The third kappa shape index (κ3) is 3.49. The second-order valence-corrected chi connectivity index (χ2v) is 8.94. The average molecular weight is 369 g/mol. The standard InChI is InChI=1S/C21H24N2O2S/c1-13-10-15(11-16(19(13)22)21(2,3)4)26-17-12-18(24)23(20(17)25)14-8-6-5-7-9-14/h5-11,17H,12,22H2,1-4H3. The Morgan fingerprint density at radius 1 is 1.12 bits per heavy atom. The molecule has 3 rings (SSSR count). The minimum absolute atomic E-state index is 0.0863. The van der Waals surface area contributed by atoms with Crippen molar-refractivity contribution in [3.8, 4) is 0 Å². The van der Waals surface area contributed by atoms with Crippen molar-refractivity contribution in [3.63, 3.8) is 0 Å². The highest BCUT2D eigenvalue weighted by molar-refractivity contribution is 8.00. The zero-order chi connectivity index (χ0) is 19.1. The van der Waals surface area contributed by atoms with Crippen LogP contribution in [0.1, 0.15) is 38.3 Å². The van der Waals surface area contributed by atoms with E-state index in [-0.39, 0.29) is 23.7 Å². The Morgan fingerprint density at radius 2 is 1.77 bits per heavy atom. The second kappa shape index (κ2) is 6.80. The summed E-state index contributed by atoms with van der Waals surface area (Å²) in [4.78, 5) is 27.5. The number of hydrogen-bond donors (Lipinski definition) is 1. The Kier molecular flexibility index (Phi) is 4.84. The van der Waals surface area contributed by atoms with Crippen molar-refractivity contribution in [1.29, 1.82) is 0 Å². The number of rotatable bonds is 3. The van der Waals surface area contributed by atoms with Crippen LogP contribution in [-0.2, 0) is 15.0 Å². The molecule has 2 aromatic carbocycles. The smallest absolute Gasteiger partial charge is 0.247 e. The highest BCUT2D eigenvalue weighted by atomic mass is 32.2. The van der Waals surface area contributed by atoms with Gasteiger partial charge in [-0.05, 0) is 47.7 Å².